The first-order valence-electron chi connectivity index (χ1n) is 9.51. The van der Waals surface area contributed by atoms with Crippen LogP contribution in [0.15, 0.2) is 103 Å². The molecule has 0 radical (unpaired) electrons. The van der Waals surface area contributed by atoms with E-state index in [0.29, 0.717) is 13.1 Å². The summed E-state index contributed by atoms with van der Waals surface area (Å²) in [5.74, 6) is 0.810. The molecule has 0 atom stereocenters. The Bertz CT molecular complexity index is 898. The Kier molecular flexibility index (Phi) is 5.22. The molecular weight excluding hydrogens is 344 g/mol. The second kappa shape index (κ2) is 8.11. The van der Waals surface area contributed by atoms with E-state index in [0.717, 1.165) is 22.5 Å². The normalized spacial score (nSPS) is 11.3. The number of nitrogens with one attached hydrogen (secondary N) is 1. The number of hydrogen-bond donors (Lipinski definition) is 2. The minimum atomic E-state index is -0.564. The molecular formula is C24H24N4. The molecule has 28 heavy (non-hydrogen) atoms. The summed E-state index contributed by atoms with van der Waals surface area (Å²) in [5, 5.41) is 8.43. The van der Waals surface area contributed by atoms with Crippen molar-refractivity contribution in [1.82, 2.24) is 9.78 Å². The molecule has 1 aromatic heterocycles. The van der Waals surface area contributed by atoms with Gasteiger partial charge in [0, 0.05) is 18.8 Å². The molecule has 3 N–H and O–H groups in total. The van der Waals surface area contributed by atoms with Crippen molar-refractivity contribution in [2.75, 3.05) is 11.9 Å². The molecule has 0 saturated heterocycles. The van der Waals surface area contributed by atoms with Gasteiger partial charge in [-0.3, -0.25) is 4.68 Å². The van der Waals surface area contributed by atoms with Gasteiger partial charge in [0.25, 0.3) is 0 Å². The average molecular weight is 368 g/mol. The van der Waals surface area contributed by atoms with Crippen molar-refractivity contribution in [3.8, 4) is 0 Å². The number of nitrogens with zero attached hydrogens (tertiary/aromatic N) is 2. The van der Waals surface area contributed by atoms with Gasteiger partial charge in [-0.05, 0) is 16.7 Å². The van der Waals surface area contributed by atoms with Crippen molar-refractivity contribution >= 4 is 5.82 Å². The lowest BCUT2D eigenvalue weighted by molar-refractivity contribution is 0.620. The molecule has 0 aliphatic rings. The van der Waals surface area contributed by atoms with Crippen LogP contribution in [0.5, 0.6) is 0 Å². The quantitative estimate of drug-likeness (QED) is 0.480. The van der Waals surface area contributed by atoms with Crippen LogP contribution in [-0.4, -0.2) is 16.3 Å². The van der Waals surface area contributed by atoms with Crippen LogP contribution in [0.25, 0.3) is 0 Å². The fraction of sp³-hybridized carbons (Fsp3) is 0.125. The zero-order valence-electron chi connectivity index (χ0n) is 15.7. The van der Waals surface area contributed by atoms with Gasteiger partial charge in [0.15, 0.2) is 0 Å². The van der Waals surface area contributed by atoms with E-state index in [2.05, 4.69) is 83.2 Å². The molecule has 0 bridgehead atoms. The summed E-state index contributed by atoms with van der Waals surface area (Å²) >= 11 is 0. The van der Waals surface area contributed by atoms with Crippen LogP contribution < -0.4 is 11.1 Å². The summed E-state index contributed by atoms with van der Waals surface area (Å²) in [4.78, 5) is 0. The van der Waals surface area contributed by atoms with Crippen molar-refractivity contribution in [2.45, 2.75) is 12.1 Å². The van der Waals surface area contributed by atoms with E-state index in [-0.39, 0.29) is 0 Å². The summed E-state index contributed by atoms with van der Waals surface area (Å²) < 4.78 is 1.87. The smallest absolute Gasteiger partial charge is 0.149 e. The van der Waals surface area contributed by atoms with Gasteiger partial charge in [0.2, 0.25) is 0 Å². The van der Waals surface area contributed by atoms with Crippen molar-refractivity contribution in [2.24, 2.45) is 5.73 Å². The van der Waals surface area contributed by atoms with Gasteiger partial charge in [0.05, 0.1) is 6.54 Å². The first kappa shape index (κ1) is 18.0. The fourth-order valence-corrected chi connectivity index (χ4v) is 3.66. The maximum absolute atomic E-state index is 5.69. The van der Waals surface area contributed by atoms with Crippen molar-refractivity contribution in [3.63, 3.8) is 0 Å². The van der Waals surface area contributed by atoms with Crippen LogP contribution in [0.4, 0.5) is 5.82 Å². The topological polar surface area (TPSA) is 55.9 Å². The highest BCUT2D eigenvalue weighted by Crippen LogP contribution is 2.39. The molecule has 3 aromatic carbocycles. The largest absolute Gasteiger partial charge is 0.351 e. The van der Waals surface area contributed by atoms with E-state index in [9.17, 15) is 0 Å². The van der Waals surface area contributed by atoms with Gasteiger partial charge in [-0.25, -0.2) is 0 Å². The Hall–Kier alpha value is -3.37. The lowest BCUT2D eigenvalue weighted by Gasteiger charge is -2.37. The molecule has 4 aromatic rings. The highest BCUT2D eigenvalue weighted by Gasteiger charge is 2.36. The van der Waals surface area contributed by atoms with Crippen LogP contribution in [0.3, 0.4) is 0 Å². The van der Waals surface area contributed by atoms with Crippen molar-refractivity contribution in [3.05, 3.63) is 120 Å². The second-order valence-corrected chi connectivity index (χ2v) is 6.73. The number of benzene rings is 3. The first-order valence-corrected chi connectivity index (χ1v) is 9.51. The summed E-state index contributed by atoms with van der Waals surface area (Å²) in [6.07, 6.45) is 1.96. The maximum atomic E-state index is 5.69. The van der Waals surface area contributed by atoms with Crippen LogP contribution in [0, 0.1) is 0 Å². The van der Waals surface area contributed by atoms with Crippen LogP contribution in [0.1, 0.15) is 16.7 Å². The predicted molar refractivity (Wildman–Crippen MR) is 114 cm³/mol. The second-order valence-electron chi connectivity index (χ2n) is 6.73. The fourth-order valence-electron chi connectivity index (χ4n) is 3.66. The lowest BCUT2D eigenvalue weighted by atomic mass is 9.77. The molecule has 4 rings (SSSR count). The van der Waals surface area contributed by atoms with E-state index in [1.165, 1.54) is 0 Å². The van der Waals surface area contributed by atoms with E-state index in [1.807, 2.05) is 35.1 Å². The monoisotopic (exact) mass is 368 g/mol. The van der Waals surface area contributed by atoms with Crippen LogP contribution in [-0.2, 0) is 12.1 Å². The summed E-state index contributed by atoms with van der Waals surface area (Å²) in [6, 6.07) is 33.5. The third-order valence-electron chi connectivity index (χ3n) is 4.93. The molecule has 1 heterocycles. The number of nitrogens with two attached hydrogens (primary N) is 1. The van der Waals surface area contributed by atoms with Crippen molar-refractivity contribution in [1.29, 1.82) is 0 Å². The predicted octanol–water partition coefficient (Wildman–Crippen LogP) is 4.25. The summed E-state index contributed by atoms with van der Waals surface area (Å²) in [6.45, 7) is 1.25. The Morgan fingerprint density at radius 3 is 1.61 bits per heavy atom. The zero-order chi connectivity index (χ0) is 19.2. The zero-order valence-corrected chi connectivity index (χ0v) is 15.7. The molecule has 0 saturated carbocycles. The summed E-state index contributed by atoms with van der Waals surface area (Å²) in [5.41, 5.74) is 8.59. The standard InChI is InChI=1S/C24H24N4/c25-17-19-28-18-16-23(27-28)26-24(20-10-4-1-5-11-20,21-12-6-2-7-13-21)22-14-8-3-9-15-22/h1-16,18H,17,19,25H2,(H,26,27). The Morgan fingerprint density at radius 2 is 1.18 bits per heavy atom. The van der Waals surface area contributed by atoms with E-state index in [1.54, 1.807) is 0 Å². The maximum Gasteiger partial charge on any atom is 0.149 e. The molecule has 0 fully saturated rings. The minimum absolute atomic E-state index is 0.558. The third kappa shape index (κ3) is 3.42. The first-order chi connectivity index (χ1) is 13.8. The van der Waals surface area contributed by atoms with Gasteiger partial charge < -0.3 is 11.1 Å². The number of aromatic nitrogens is 2. The Morgan fingerprint density at radius 1 is 0.714 bits per heavy atom. The van der Waals surface area contributed by atoms with Gasteiger partial charge in [-0.2, -0.15) is 5.10 Å². The summed E-state index contributed by atoms with van der Waals surface area (Å²) in [7, 11) is 0. The number of rotatable bonds is 7. The highest BCUT2D eigenvalue weighted by atomic mass is 15.3. The highest BCUT2D eigenvalue weighted by molar-refractivity contribution is 5.57. The van der Waals surface area contributed by atoms with Gasteiger partial charge >= 0.3 is 0 Å². The molecule has 4 nitrogen and oxygen atoms in total. The molecule has 0 unspecified atom stereocenters. The minimum Gasteiger partial charge on any atom is -0.351 e. The molecule has 140 valence electrons. The molecule has 4 heteroatoms. The average Bonchev–Trinajstić information content (AvgIpc) is 3.21. The Balaban J connectivity index is 1.92. The Labute approximate surface area is 165 Å². The van der Waals surface area contributed by atoms with E-state index in [4.69, 9.17) is 5.73 Å². The van der Waals surface area contributed by atoms with Crippen LogP contribution in [0.2, 0.25) is 0 Å². The van der Waals surface area contributed by atoms with Crippen molar-refractivity contribution < 1.29 is 0 Å². The van der Waals surface area contributed by atoms with E-state index < -0.39 is 5.54 Å². The van der Waals surface area contributed by atoms with Gasteiger partial charge in [-0.15, -0.1) is 0 Å². The van der Waals surface area contributed by atoms with Crippen LogP contribution >= 0.6 is 0 Å². The lowest BCUT2D eigenvalue weighted by Crippen LogP contribution is -2.38. The molecule has 0 spiro atoms. The molecule has 0 aliphatic carbocycles. The number of hydrogen-bond acceptors (Lipinski definition) is 3. The third-order valence-corrected chi connectivity index (χ3v) is 4.93. The van der Waals surface area contributed by atoms with Gasteiger partial charge in [0.1, 0.15) is 11.4 Å². The molecule has 0 amide bonds. The SMILES string of the molecule is NCCn1ccc(NC(c2ccccc2)(c2ccccc2)c2ccccc2)n1. The number of anilines is 1. The van der Waals surface area contributed by atoms with Gasteiger partial charge in [-0.1, -0.05) is 91.0 Å². The molecule has 0 aliphatic heterocycles. The van der Waals surface area contributed by atoms with E-state index >= 15 is 0 Å².